The number of aromatic amines is 1. The number of hydrogen-bond donors (Lipinski definition) is 2. The molecule has 0 fully saturated rings. The zero-order valence-corrected chi connectivity index (χ0v) is 13.4. The number of aromatic nitrogens is 2. The number of carbonyl (C=O) groups is 1. The molecule has 5 heteroatoms. The smallest absolute Gasteiger partial charge is 0.272 e. The van der Waals surface area contributed by atoms with Gasteiger partial charge in [-0.25, -0.2) is 0 Å². The first-order chi connectivity index (χ1) is 11.2. The predicted octanol–water partition coefficient (Wildman–Crippen LogP) is 1.68. The van der Waals surface area contributed by atoms with E-state index >= 15 is 0 Å². The number of fused-ring (bicyclic) bond motifs is 2. The van der Waals surface area contributed by atoms with Crippen molar-refractivity contribution in [3.05, 3.63) is 52.3 Å². The lowest BCUT2D eigenvalue weighted by Crippen LogP contribution is -2.45. The van der Waals surface area contributed by atoms with E-state index in [0.717, 1.165) is 43.5 Å². The largest absolute Gasteiger partial charge is 0.349 e. The standard InChI is InChI=1S/C18H22N4O/c1-22-11-13-6-3-2-5-12(13)9-14(22)10-19-18(23)17-15-7-4-8-16(15)20-21-17/h2-3,5-6,14H,4,7-11H2,1H3,(H,19,23)(H,20,21)/t14-/m0/s1. The molecule has 0 bridgehead atoms. The van der Waals surface area contributed by atoms with Gasteiger partial charge < -0.3 is 5.32 Å². The van der Waals surface area contributed by atoms with E-state index in [2.05, 4.69) is 51.7 Å². The molecule has 1 amide bonds. The molecule has 2 heterocycles. The number of hydrogen-bond acceptors (Lipinski definition) is 3. The van der Waals surface area contributed by atoms with E-state index in [0.29, 0.717) is 18.3 Å². The van der Waals surface area contributed by atoms with Crippen LogP contribution < -0.4 is 5.32 Å². The van der Waals surface area contributed by atoms with Crippen molar-refractivity contribution < 1.29 is 4.79 Å². The molecular formula is C18H22N4O. The highest BCUT2D eigenvalue weighted by atomic mass is 16.1. The molecule has 1 aromatic heterocycles. The molecule has 4 rings (SSSR count). The summed E-state index contributed by atoms with van der Waals surface area (Å²) in [6, 6.07) is 8.89. The number of nitrogens with one attached hydrogen (secondary N) is 2. The number of nitrogens with zero attached hydrogens (tertiary/aromatic N) is 2. The van der Waals surface area contributed by atoms with E-state index in [1.165, 1.54) is 11.1 Å². The van der Waals surface area contributed by atoms with E-state index < -0.39 is 0 Å². The van der Waals surface area contributed by atoms with Crippen LogP contribution in [0, 0.1) is 0 Å². The Morgan fingerprint density at radius 1 is 1.35 bits per heavy atom. The maximum Gasteiger partial charge on any atom is 0.272 e. The summed E-state index contributed by atoms with van der Waals surface area (Å²) in [6.07, 6.45) is 4.07. The van der Waals surface area contributed by atoms with Crippen molar-refractivity contribution in [2.24, 2.45) is 0 Å². The Kier molecular flexibility index (Phi) is 3.65. The average molecular weight is 310 g/mol. The third-order valence-corrected chi connectivity index (χ3v) is 5.14. The fraction of sp³-hybridized carbons (Fsp3) is 0.444. The van der Waals surface area contributed by atoms with Crippen LogP contribution in [-0.2, 0) is 25.8 Å². The maximum atomic E-state index is 12.4. The summed E-state index contributed by atoms with van der Waals surface area (Å²) >= 11 is 0. The van der Waals surface area contributed by atoms with Gasteiger partial charge in [-0.2, -0.15) is 5.10 Å². The first-order valence-corrected chi connectivity index (χ1v) is 8.33. The summed E-state index contributed by atoms with van der Waals surface area (Å²) in [6.45, 7) is 1.60. The van der Waals surface area contributed by atoms with Gasteiger partial charge in [-0.3, -0.25) is 14.8 Å². The molecule has 0 spiro atoms. The topological polar surface area (TPSA) is 61.0 Å². The normalized spacial score (nSPS) is 20.1. The molecule has 0 saturated heterocycles. The summed E-state index contributed by atoms with van der Waals surface area (Å²) in [5.74, 6) is -0.0448. The average Bonchev–Trinajstić information content (AvgIpc) is 3.15. The second-order valence-corrected chi connectivity index (χ2v) is 6.63. The van der Waals surface area contributed by atoms with E-state index in [-0.39, 0.29) is 5.91 Å². The Bertz CT molecular complexity index is 736. The highest BCUT2D eigenvalue weighted by Crippen LogP contribution is 2.23. The van der Waals surface area contributed by atoms with Gasteiger partial charge in [0, 0.05) is 30.4 Å². The highest BCUT2D eigenvalue weighted by molar-refractivity contribution is 5.94. The van der Waals surface area contributed by atoms with Crippen molar-refractivity contribution >= 4 is 5.91 Å². The lowest BCUT2D eigenvalue weighted by atomic mass is 9.94. The molecule has 23 heavy (non-hydrogen) atoms. The van der Waals surface area contributed by atoms with E-state index in [9.17, 15) is 4.79 Å². The molecule has 0 radical (unpaired) electrons. The van der Waals surface area contributed by atoms with Gasteiger partial charge >= 0.3 is 0 Å². The molecule has 2 aliphatic rings. The monoisotopic (exact) mass is 310 g/mol. The molecule has 120 valence electrons. The third kappa shape index (κ3) is 2.65. The highest BCUT2D eigenvalue weighted by Gasteiger charge is 2.26. The molecule has 1 aromatic carbocycles. The third-order valence-electron chi connectivity index (χ3n) is 5.14. The minimum absolute atomic E-state index is 0.0448. The number of carbonyl (C=O) groups excluding carboxylic acids is 1. The SMILES string of the molecule is CN1Cc2ccccc2C[C@H]1CNC(=O)c1n[nH]c2c1CCC2. The quantitative estimate of drug-likeness (QED) is 0.907. The van der Waals surface area contributed by atoms with Crippen LogP contribution in [-0.4, -0.2) is 40.6 Å². The lowest BCUT2D eigenvalue weighted by Gasteiger charge is -2.34. The number of rotatable bonds is 3. The van der Waals surface area contributed by atoms with E-state index in [1.807, 2.05) is 0 Å². The minimum atomic E-state index is -0.0448. The molecule has 2 aromatic rings. The van der Waals surface area contributed by atoms with Crippen LogP contribution >= 0.6 is 0 Å². The lowest BCUT2D eigenvalue weighted by molar-refractivity contribution is 0.0928. The summed E-state index contributed by atoms with van der Waals surface area (Å²) < 4.78 is 0. The number of likely N-dealkylation sites (N-methyl/N-ethyl adjacent to an activating group) is 1. The van der Waals surface area contributed by atoms with Crippen LogP contribution in [0.3, 0.4) is 0 Å². The fourth-order valence-corrected chi connectivity index (χ4v) is 3.75. The van der Waals surface area contributed by atoms with Crippen LogP contribution in [0.2, 0.25) is 0 Å². The van der Waals surface area contributed by atoms with Crippen molar-refractivity contribution in [3.8, 4) is 0 Å². The fourth-order valence-electron chi connectivity index (χ4n) is 3.75. The van der Waals surface area contributed by atoms with Gasteiger partial charge in [-0.1, -0.05) is 24.3 Å². The van der Waals surface area contributed by atoms with E-state index in [4.69, 9.17) is 0 Å². The molecule has 1 aliphatic heterocycles. The van der Waals surface area contributed by atoms with Crippen molar-refractivity contribution in [2.75, 3.05) is 13.6 Å². The Morgan fingerprint density at radius 3 is 3.04 bits per heavy atom. The first kappa shape index (κ1) is 14.5. The molecular weight excluding hydrogens is 288 g/mol. The maximum absolute atomic E-state index is 12.4. The van der Waals surface area contributed by atoms with Crippen LogP contribution in [0.15, 0.2) is 24.3 Å². The molecule has 0 unspecified atom stereocenters. The van der Waals surface area contributed by atoms with Crippen LogP contribution in [0.25, 0.3) is 0 Å². The molecule has 5 nitrogen and oxygen atoms in total. The van der Waals surface area contributed by atoms with Crippen molar-refractivity contribution in [2.45, 2.75) is 38.3 Å². The number of amides is 1. The summed E-state index contributed by atoms with van der Waals surface area (Å²) in [5, 5.41) is 10.3. The van der Waals surface area contributed by atoms with Gasteiger partial charge in [0.1, 0.15) is 0 Å². The van der Waals surface area contributed by atoms with Gasteiger partial charge in [0.15, 0.2) is 5.69 Å². The second-order valence-electron chi connectivity index (χ2n) is 6.63. The number of aryl methyl sites for hydroxylation is 1. The van der Waals surface area contributed by atoms with Crippen molar-refractivity contribution in [3.63, 3.8) is 0 Å². The van der Waals surface area contributed by atoms with Crippen LogP contribution in [0.5, 0.6) is 0 Å². The van der Waals surface area contributed by atoms with Crippen LogP contribution in [0.4, 0.5) is 0 Å². The first-order valence-electron chi connectivity index (χ1n) is 8.33. The van der Waals surface area contributed by atoms with Crippen LogP contribution in [0.1, 0.15) is 39.3 Å². The number of benzene rings is 1. The van der Waals surface area contributed by atoms with Gasteiger partial charge in [0.05, 0.1) is 0 Å². The van der Waals surface area contributed by atoms with Crippen molar-refractivity contribution in [1.82, 2.24) is 20.4 Å². The number of H-pyrrole nitrogens is 1. The molecule has 2 N–H and O–H groups in total. The molecule has 1 atom stereocenters. The summed E-state index contributed by atoms with van der Waals surface area (Å²) in [7, 11) is 2.12. The second kappa shape index (κ2) is 5.81. The molecule has 1 aliphatic carbocycles. The van der Waals surface area contributed by atoms with E-state index in [1.54, 1.807) is 0 Å². The zero-order chi connectivity index (χ0) is 15.8. The minimum Gasteiger partial charge on any atom is -0.349 e. The molecule has 0 saturated carbocycles. The van der Waals surface area contributed by atoms with Gasteiger partial charge in [0.25, 0.3) is 5.91 Å². The van der Waals surface area contributed by atoms with Gasteiger partial charge in [-0.15, -0.1) is 0 Å². The van der Waals surface area contributed by atoms with Crippen molar-refractivity contribution in [1.29, 1.82) is 0 Å². The Balaban J connectivity index is 1.42. The Hall–Kier alpha value is -2.14. The Morgan fingerprint density at radius 2 is 2.17 bits per heavy atom. The zero-order valence-electron chi connectivity index (χ0n) is 13.4. The predicted molar refractivity (Wildman–Crippen MR) is 88.3 cm³/mol. The summed E-state index contributed by atoms with van der Waals surface area (Å²) in [4.78, 5) is 14.8. The van der Waals surface area contributed by atoms with Gasteiger partial charge in [0.2, 0.25) is 0 Å². The van der Waals surface area contributed by atoms with Gasteiger partial charge in [-0.05, 0) is 43.9 Å². The summed E-state index contributed by atoms with van der Waals surface area (Å²) in [5.41, 5.74) is 5.63. The Labute approximate surface area is 136 Å².